The van der Waals surface area contributed by atoms with E-state index < -0.39 is 0 Å². The maximum Gasteiger partial charge on any atom is 0.257 e. The van der Waals surface area contributed by atoms with Crippen molar-refractivity contribution < 1.29 is 14.3 Å². The van der Waals surface area contributed by atoms with Crippen LogP contribution in [0.5, 0.6) is 5.75 Å². The monoisotopic (exact) mass is 391 g/mol. The van der Waals surface area contributed by atoms with Crippen LogP contribution in [-0.2, 0) is 4.74 Å². The minimum absolute atomic E-state index is 0.0215. The second-order valence-corrected chi connectivity index (χ2v) is 7.06. The Morgan fingerprint density at radius 3 is 2.79 bits per heavy atom. The van der Waals surface area contributed by atoms with Crippen molar-refractivity contribution >= 4 is 5.91 Å². The molecule has 1 saturated heterocycles. The lowest BCUT2D eigenvalue weighted by molar-refractivity contribution is -0.0226. The van der Waals surface area contributed by atoms with Crippen molar-refractivity contribution in [2.75, 3.05) is 26.8 Å². The summed E-state index contributed by atoms with van der Waals surface area (Å²) in [6.45, 7) is 3.83. The van der Waals surface area contributed by atoms with E-state index in [2.05, 4.69) is 6.92 Å². The summed E-state index contributed by atoms with van der Waals surface area (Å²) in [4.78, 5) is 15.3. The highest BCUT2D eigenvalue weighted by molar-refractivity contribution is 6.00. The number of carbonyl (C=O) groups is 1. The van der Waals surface area contributed by atoms with Crippen LogP contribution >= 0.6 is 0 Å². The number of nitrogens with zero attached hydrogens (tertiary/aromatic N) is 3. The number of carbonyl (C=O) groups excluding carboxylic acids is 1. The van der Waals surface area contributed by atoms with Crippen LogP contribution in [-0.4, -0.2) is 53.5 Å². The topological polar surface area (TPSA) is 56.6 Å². The Kier molecular flexibility index (Phi) is 5.62. The van der Waals surface area contributed by atoms with Gasteiger partial charge in [-0.05, 0) is 30.7 Å². The molecule has 29 heavy (non-hydrogen) atoms. The van der Waals surface area contributed by atoms with Crippen LogP contribution in [0.2, 0.25) is 0 Å². The smallest absolute Gasteiger partial charge is 0.257 e. The molecule has 4 rings (SSSR count). The Morgan fingerprint density at radius 1 is 1.21 bits per heavy atom. The molecular formula is C23H25N3O3. The Bertz CT molecular complexity index is 984. The third-order valence-electron chi connectivity index (χ3n) is 5.19. The summed E-state index contributed by atoms with van der Waals surface area (Å²) in [5.41, 5.74) is 2.99. The first kappa shape index (κ1) is 19.2. The van der Waals surface area contributed by atoms with E-state index in [1.54, 1.807) is 11.8 Å². The summed E-state index contributed by atoms with van der Waals surface area (Å²) < 4.78 is 12.9. The maximum atomic E-state index is 13.4. The number of rotatable bonds is 5. The number of methoxy groups -OCH3 is 1. The number of morpholine rings is 1. The standard InChI is InChI=1S/C23H25N3O3/c1-3-19-15-25(12-13-29-19)23(27)21-16-26(18-9-5-4-6-10-18)24-22(21)17-8-7-11-20(14-17)28-2/h4-11,14,16,19H,3,12-13,15H2,1-2H3. The van der Waals surface area contributed by atoms with Crippen LogP contribution in [0.3, 0.4) is 0 Å². The van der Waals surface area contributed by atoms with E-state index in [0.29, 0.717) is 31.0 Å². The summed E-state index contributed by atoms with van der Waals surface area (Å²) in [5, 5.41) is 4.76. The Balaban J connectivity index is 1.76. The molecule has 6 nitrogen and oxygen atoms in total. The first-order valence-corrected chi connectivity index (χ1v) is 9.90. The third kappa shape index (κ3) is 4.03. The average Bonchev–Trinajstić information content (AvgIpc) is 3.25. The van der Waals surface area contributed by atoms with Crippen LogP contribution in [0.1, 0.15) is 23.7 Å². The molecule has 2 heterocycles. The zero-order valence-corrected chi connectivity index (χ0v) is 16.7. The van der Waals surface area contributed by atoms with Crippen molar-refractivity contribution in [1.29, 1.82) is 0 Å². The van der Waals surface area contributed by atoms with E-state index in [-0.39, 0.29) is 12.0 Å². The molecule has 1 atom stereocenters. The molecule has 1 aromatic heterocycles. The van der Waals surface area contributed by atoms with Gasteiger partial charge in [-0.3, -0.25) is 4.79 Å². The highest BCUT2D eigenvalue weighted by Crippen LogP contribution is 2.28. The molecule has 0 spiro atoms. The number of benzene rings is 2. The van der Waals surface area contributed by atoms with Gasteiger partial charge in [0.05, 0.1) is 31.1 Å². The first-order valence-electron chi connectivity index (χ1n) is 9.90. The molecule has 0 N–H and O–H groups in total. The Morgan fingerprint density at radius 2 is 2.03 bits per heavy atom. The van der Waals surface area contributed by atoms with Crippen LogP contribution in [0.4, 0.5) is 0 Å². The summed E-state index contributed by atoms with van der Waals surface area (Å²) >= 11 is 0. The molecule has 1 unspecified atom stereocenters. The minimum atomic E-state index is -0.0215. The molecule has 1 aliphatic heterocycles. The zero-order valence-electron chi connectivity index (χ0n) is 16.7. The number of hydrogen-bond donors (Lipinski definition) is 0. The number of hydrogen-bond acceptors (Lipinski definition) is 4. The second kappa shape index (κ2) is 8.49. The largest absolute Gasteiger partial charge is 0.497 e. The highest BCUT2D eigenvalue weighted by Gasteiger charge is 2.28. The van der Waals surface area contributed by atoms with Crippen LogP contribution in [0.15, 0.2) is 60.8 Å². The molecule has 0 aliphatic carbocycles. The normalized spacial score (nSPS) is 16.6. The molecule has 6 heteroatoms. The van der Waals surface area contributed by atoms with E-state index >= 15 is 0 Å². The summed E-state index contributed by atoms with van der Waals surface area (Å²) in [6, 6.07) is 17.5. The first-order chi connectivity index (χ1) is 14.2. The predicted octanol–water partition coefficient (Wildman–Crippen LogP) is 3.80. The van der Waals surface area contributed by atoms with E-state index in [9.17, 15) is 4.79 Å². The van der Waals surface area contributed by atoms with Gasteiger partial charge in [0, 0.05) is 24.8 Å². The lowest BCUT2D eigenvalue weighted by Gasteiger charge is -2.32. The Hall–Kier alpha value is -3.12. The van der Waals surface area contributed by atoms with E-state index in [0.717, 1.165) is 23.4 Å². The van der Waals surface area contributed by atoms with Gasteiger partial charge in [0.25, 0.3) is 5.91 Å². The van der Waals surface area contributed by atoms with E-state index in [4.69, 9.17) is 14.6 Å². The summed E-state index contributed by atoms with van der Waals surface area (Å²) in [6.07, 6.45) is 2.79. The van der Waals surface area contributed by atoms with Crippen LogP contribution in [0.25, 0.3) is 16.9 Å². The fraction of sp³-hybridized carbons (Fsp3) is 0.304. The second-order valence-electron chi connectivity index (χ2n) is 7.06. The molecule has 150 valence electrons. The van der Waals surface area contributed by atoms with Gasteiger partial charge in [0.2, 0.25) is 0 Å². The van der Waals surface area contributed by atoms with Gasteiger partial charge in [0.15, 0.2) is 0 Å². The molecule has 2 aromatic carbocycles. The fourth-order valence-electron chi connectivity index (χ4n) is 3.55. The van der Waals surface area contributed by atoms with Gasteiger partial charge in [-0.2, -0.15) is 5.10 Å². The quantitative estimate of drug-likeness (QED) is 0.664. The Labute approximate surface area is 170 Å². The van der Waals surface area contributed by atoms with Crippen molar-refractivity contribution in [3.8, 4) is 22.7 Å². The highest BCUT2D eigenvalue weighted by atomic mass is 16.5. The van der Waals surface area contributed by atoms with E-state index in [1.807, 2.05) is 65.7 Å². The van der Waals surface area contributed by atoms with Crippen molar-refractivity contribution in [2.45, 2.75) is 19.4 Å². The lowest BCUT2D eigenvalue weighted by Crippen LogP contribution is -2.45. The number of ether oxygens (including phenoxy) is 2. The van der Waals surface area contributed by atoms with Gasteiger partial charge in [-0.1, -0.05) is 37.3 Å². The van der Waals surface area contributed by atoms with Crippen LogP contribution < -0.4 is 4.74 Å². The summed E-state index contributed by atoms with van der Waals surface area (Å²) in [5.74, 6) is 0.708. The lowest BCUT2D eigenvalue weighted by atomic mass is 10.1. The van der Waals surface area contributed by atoms with Gasteiger partial charge in [-0.25, -0.2) is 4.68 Å². The predicted molar refractivity (Wildman–Crippen MR) is 111 cm³/mol. The van der Waals surface area contributed by atoms with Gasteiger partial charge in [-0.15, -0.1) is 0 Å². The van der Waals surface area contributed by atoms with Gasteiger partial charge >= 0.3 is 0 Å². The van der Waals surface area contributed by atoms with Gasteiger partial charge < -0.3 is 14.4 Å². The number of amides is 1. The molecule has 0 saturated carbocycles. The SMILES string of the molecule is CCC1CN(C(=O)c2cn(-c3ccccc3)nc2-c2cccc(OC)c2)CCO1. The van der Waals surface area contributed by atoms with Crippen molar-refractivity contribution in [3.63, 3.8) is 0 Å². The molecule has 1 aliphatic rings. The summed E-state index contributed by atoms with van der Waals surface area (Å²) in [7, 11) is 1.63. The van der Waals surface area contributed by atoms with Crippen molar-refractivity contribution in [3.05, 3.63) is 66.4 Å². The van der Waals surface area contributed by atoms with E-state index in [1.165, 1.54) is 0 Å². The van der Waals surface area contributed by atoms with Crippen molar-refractivity contribution in [1.82, 2.24) is 14.7 Å². The maximum absolute atomic E-state index is 13.4. The molecule has 1 fully saturated rings. The number of para-hydroxylation sites is 1. The average molecular weight is 391 g/mol. The van der Waals surface area contributed by atoms with Gasteiger partial charge in [0.1, 0.15) is 11.4 Å². The fourth-order valence-corrected chi connectivity index (χ4v) is 3.55. The molecular weight excluding hydrogens is 366 g/mol. The van der Waals surface area contributed by atoms with Crippen LogP contribution in [0, 0.1) is 0 Å². The minimum Gasteiger partial charge on any atom is -0.497 e. The third-order valence-corrected chi connectivity index (χ3v) is 5.19. The molecule has 1 amide bonds. The molecule has 0 bridgehead atoms. The zero-order chi connectivity index (χ0) is 20.2. The molecule has 0 radical (unpaired) electrons. The number of aromatic nitrogens is 2. The molecule has 3 aromatic rings. The van der Waals surface area contributed by atoms with Crippen molar-refractivity contribution in [2.24, 2.45) is 0 Å².